The lowest BCUT2D eigenvalue weighted by Crippen LogP contribution is -2.05. The summed E-state index contributed by atoms with van der Waals surface area (Å²) >= 11 is 0. The minimum absolute atomic E-state index is 0.0586. The van der Waals surface area contributed by atoms with Crippen molar-refractivity contribution in [2.45, 2.75) is 6.54 Å². The standard InChI is InChI=1S/C11H11F2N3O2/c1-17-8-4-3-7(5-9(8)18-2)6-16-11(13)14-10(12)15-16/h3-5H,6H2,1-2H3. The minimum Gasteiger partial charge on any atom is -0.493 e. The molecule has 0 atom stereocenters. The third-order valence-electron chi connectivity index (χ3n) is 2.38. The molecule has 1 heterocycles. The fourth-order valence-electron chi connectivity index (χ4n) is 1.55. The number of hydrogen-bond donors (Lipinski definition) is 0. The molecule has 7 heteroatoms. The molecular formula is C11H11F2N3O2. The Hall–Kier alpha value is -2.18. The van der Waals surface area contributed by atoms with Gasteiger partial charge in [-0.1, -0.05) is 6.07 Å². The fraction of sp³-hybridized carbons (Fsp3) is 0.273. The highest BCUT2D eigenvalue weighted by atomic mass is 19.1. The molecule has 1 aromatic heterocycles. The number of halogens is 2. The summed E-state index contributed by atoms with van der Waals surface area (Å²) in [4.78, 5) is 2.95. The van der Waals surface area contributed by atoms with Gasteiger partial charge in [0.25, 0.3) is 0 Å². The molecule has 2 aromatic rings. The van der Waals surface area contributed by atoms with Gasteiger partial charge in [-0.05, 0) is 17.7 Å². The van der Waals surface area contributed by atoms with Gasteiger partial charge in [0.2, 0.25) is 0 Å². The van der Waals surface area contributed by atoms with Crippen molar-refractivity contribution in [1.29, 1.82) is 0 Å². The predicted molar refractivity (Wildman–Crippen MR) is 58.6 cm³/mol. The normalized spacial score (nSPS) is 10.4. The van der Waals surface area contributed by atoms with Gasteiger partial charge in [0.1, 0.15) is 0 Å². The lowest BCUT2D eigenvalue weighted by molar-refractivity contribution is 0.354. The van der Waals surface area contributed by atoms with E-state index in [-0.39, 0.29) is 6.54 Å². The van der Waals surface area contributed by atoms with Crippen LogP contribution in [0.3, 0.4) is 0 Å². The second-order valence-corrected chi connectivity index (χ2v) is 3.50. The van der Waals surface area contributed by atoms with Crippen molar-refractivity contribution in [3.8, 4) is 11.5 Å². The van der Waals surface area contributed by atoms with E-state index >= 15 is 0 Å². The highest BCUT2D eigenvalue weighted by molar-refractivity contribution is 5.42. The second-order valence-electron chi connectivity index (χ2n) is 3.50. The molecule has 2 rings (SSSR count). The maximum absolute atomic E-state index is 13.1. The van der Waals surface area contributed by atoms with Crippen molar-refractivity contribution in [3.63, 3.8) is 0 Å². The van der Waals surface area contributed by atoms with Crippen molar-refractivity contribution < 1.29 is 18.3 Å². The predicted octanol–water partition coefficient (Wildman–Crippen LogP) is 1.62. The van der Waals surface area contributed by atoms with E-state index in [4.69, 9.17) is 9.47 Å². The lowest BCUT2D eigenvalue weighted by Gasteiger charge is -2.09. The Morgan fingerprint density at radius 3 is 2.44 bits per heavy atom. The van der Waals surface area contributed by atoms with E-state index < -0.39 is 12.2 Å². The molecule has 1 aromatic carbocycles. The van der Waals surface area contributed by atoms with E-state index in [1.807, 2.05) is 0 Å². The Bertz CT molecular complexity index is 557. The van der Waals surface area contributed by atoms with E-state index in [1.54, 1.807) is 18.2 Å². The number of methoxy groups -OCH3 is 2. The zero-order valence-electron chi connectivity index (χ0n) is 9.85. The van der Waals surface area contributed by atoms with Crippen molar-refractivity contribution in [3.05, 3.63) is 35.9 Å². The van der Waals surface area contributed by atoms with Crippen LogP contribution in [-0.4, -0.2) is 29.0 Å². The summed E-state index contributed by atoms with van der Waals surface area (Å²) < 4.78 is 36.8. The molecule has 18 heavy (non-hydrogen) atoms. The van der Waals surface area contributed by atoms with Gasteiger partial charge >= 0.3 is 12.2 Å². The summed E-state index contributed by atoms with van der Waals surface area (Å²) in [6.45, 7) is 0.0586. The smallest absolute Gasteiger partial charge is 0.329 e. The lowest BCUT2D eigenvalue weighted by atomic mass is 10.2. The van der Waals surface area contributed by atoms with Crippen LogP contribution in [0.2, 0.25) is 0 Å². The molecule has 0 aliphatic carbocycles. The number of rotatable bonds is 4. The van der Waals surface area contributed by atoms with Gasteiger partial charge in [0, 0.05) is 0 Å². The number of hydrogen-bond acceptors (Lipinski definition) is 4. The Morgan fingerprint density at radius 1 is 1.17 bits per heavy atom. The Morgan fingerprint density at radius 2 is 1.89 bits per heavy atom. The molecule has 0 aliphatic heterocycles. The van der Waals surface area contributed by atoms with Crippen molar-refractivity contribution >= 4 is 0 Å². The molecule has 0 radical (unpaired) electrons. The summed E-state index contributed by atoms with van der Waals surface area (Å²) in [6, 6.07) is 5.05. The van der Waals surface area contributed by atoms with Crippen LogP contribution >= 0.6 is 0 Å². The minimum atomic E-state index is -1.09. The van der Waals surface area contributed by atoms with E-state index in [1.165, 1.54) is 14.2 Å². The monoisotopic (exact) mass is 255 g/mol. The Kier molecular flexibility index (Phi) is 3.40. The zero-order valence-corrected chi connectivity index (χ0v) is 9.85. The van der Waals surface area contributed by atoms with Gasteiger partial charge in [0.05, 0.1) is 20.8 Å². The third-order valence-corrected chi connectivity index (χ3v) is 2.38. The summed E-state index contributed by atoms with van der Waals surface area (Å²) in [6.07, 6.45) is -2.06. The molecule has 0 spiro atoms. The number of benzene rings is 1. The first-order valence-corrected chi connectivity index (χ1v) is 5.10. The van der Waals surface area contributed by atoms with E-state index in [2.05, 4.69) is 10.1 Å². The van der Waals surface area contributed by atoms with Crippen LogP contribution in [0.25, 0.3) is 0 Å². The first kappa shape index (κ1) is 12.3. The van der Waals surface area contributed by atoms with Crippen molar-refractivity contribution in [2.75, 3.05) is 14.2 Å². The Labute approximate surface area is 102 Å². The van der Waals surface area contributed by atoms with Crippen LogP contribution in [-0.2, 0) is 6.54 Å². The molecule has 0 unspecified atom stereocenters. The quantitative estimate of drug-likeness (QED) is 0.833. The van der Waals surface area contributed by atoms with E-state index in [0.717, 1.165) is 4.68 Å². The summed E-state index contributed by atoms with van der Waals surface area (Å²) in [5.41, 5.74) is 0.691. The van der Waals surface area contributed by atoms with Gasteiger partial charge in [0.15, 0.2) is 11.5 Å². The fourth-order valence-corrected chi connectivity index (χ4v) is 1.55. The molecule has 96 valence electrons. The van der Waals surface area contributed by atoms with Crippen LogP contribution in [0.4, 0.5) is 8.78 Å². The maximum atomic E-state index is 13.1. The summed E-state index contributed by atoms with van der Waals surface area (Å²) in [5, 5.41) is 3.30. The highest BCUT2D eigenvalue weighted by Crippen LogP contribution is 2.27. The van der Waals surface area contributed by atoms with Gasteiger partial charge in [-0.15, -0.1) is 5.10 Å². The Balaban J connectivity index is 2.27. The molecule has 0 fully saturated rings. The molecule has 0 saturated heterocycles. The van der Waals surface area contributed by atoms with E-state index in [0.29, 0.717) is 17.1 Å². The average Bonchev–Trinajstić information content (AvgIpc) is 2.67. The van der Waals surface area contributed by atoms with Gasteiger partial charge in [-0.3, -0.25) is 0 Å². The molecule has 0 amide bonds. The van der Waals surface area contributed by atoms with Crippen LogP contribution in [0.15, 0.2) is 18.2 Å². The van der Waals surface area contributed by atoms with Crippen LogP contribution in [0.5, 0.6) is 11.5 Å². The van der Waals surface area contributed by atoms with E-state index in [9.17, 15) is 8.78 Å². The first-order valence-electron chi connectivity index (χ1n) is 5.10. The molecule has 0 N–H and O–H groups in total. The number of aromatic nitrogens is 3. The maximum Gasteiger partial charge on any atom is 0.329 e. The zero-order chi connectivity index (χ0) is 13.1. The van der Waals surface area contributed by atoms with Gasteiger partial charge in [-0.2, -0.15) is 13.8 Å². The highest BCUT2D eigenvalue weighted by Gasteiger charge is 2.10. The second kappa shape index (κ2) is 4.99. The molecule has 0 saturated carbocycles. The van der Waals surface area contributed by atoms with Crippen LogP contribution in [0, 0.1) is 12.2 Å². The van der Waals surface area contributed by atoms with Crippen LogP contribution in [0.1, 0.15) is 5.56 Å². The van der Waals surface area contributed by atoms with Crippen molar-refractivity contribution in [2.24, 2.45) is 0 Å². The topological polar surface area (TPSA) is 49.2 Å². The molecule has 0 bridgehead atoms. The summed E-state index contributed by atoms with van der Waals surface area (Å²) in [7, 11) is 3.02. The summed E-state index contributed by atoms with van der Waals surface area (Å²) in [5.74, 6) is 1.07. The number of nitrogens with zero attached hydrogens (tertiary/aromatic N) is 3. The largest absolute Gasteiger partial charge is 0.493 e. The first-order chi connectivity index (χ1) is 8.63. The van der Waals surface area contributed by atoms with Crippen molar-refractivity contribution in [1.82, 2.24) is 14.8 Å². The van der Waals surface area contributed by atoms with Gasteiger partial charge < -0.3 is 9.47 Å². The third kappa shape index (κ3) is 2.39. The molecule has 0 aliphatic rings. The van der Waals surface area contributed by atoms with Gasteiger partial charge in [-0.25, -0.2) is 4.68 Å². The SMILES string of the molecule is COc1ccc(Cn2nc(F)nc2F)cc1OC. The average molecular weight is 255 g/mol. The van der Waals surface area contributed by atoms with Crippen LogP contribution < -0.4 is 9.47 Å². The molecule has 5 nitrogen and oxygen atoms in total. The molecular weight excluding hydrogens is 244 g/mol. The number of ether oxygens (including phenoxy) is 2.